The number of ether oxygens (including phenoxy) is 3. The van der Waals surface area contributed by atoms with Gasteiger partial charge >= 0.3 is 0 Å². The van der Waals surface area contributed by atoms with Gasteiger partial charge in [-0.05, 0) is 48.7 Å². The van der Waals surface area contributed by atoms with Crippen LogP contribution in [0.2, 0.25) is 0 Å². The number of amides is 1. The Balaban J connectivity index is 1.60. The minimum absolute atomic E-state index is 0.0844. The van der Waals surface area contributed by atoms with E-state index in [1.165, 1.54) is 17.5 Å². The Kier molecular flexibility index (Phi) is 7.57. The van der Waals surface area contributed by atoms with E-state index in [2.05, 4.69) is 5.32 Å². The Morgan fingerprint density at radius 3 is 2.25 bits per heavy atom. The van der Waals surface area contributed by atoms with Crippen LogP contribution in [0.4, 0.5) is 4.39 Å². The van der Waals surface area contributed by atoms with Crippen LogP contribution in [0.15, 0.2) is 41.3 Å². The van der Waals surface area contributed by atoms with Gasteiger partial charge in [-0.2, -0.15) is 4.31 Å². The number of hydrogen-bond donors (Lipinski definition) is 1. The van der Waals surface area contributed by atoms with Gasteiger partial charge in [-0.1, -0.05) is 6.07 Å². The van der Waals surface area contributed by atoms with Crippen molar-refractivity contribution in [3.8, 4) is 17.2 Å². The van der Waals surface area contributed by atoms with Crippen molar-refractivity contribution in [1.29, 1.82) is 0 Å². The standard InChI is InChI=1S/C22H27FN2O6S/c1-29-18-6-4-15(12-20(18)31-3)14-24-22(26)16-8-10-25(11-9-16)32(27,28)21-13-17(23)5-7-19(21)30-2/h4-7,12-13,16H,8-11,14H2,1-3H3,(H,24,26). The van der Waals surface area contributed by atoms with Gasteiger partial charge in [0.1, 0.15) is 16.5 Å². The lowest BCUT2D eigenvalue weighted by molar-refractivity contribution is -0.126. The number of hydrogen-bond acceptors (Lipinski definition) is 6. The van der Waals surface area contributed by atoms with Gasteiger partial charge < -0.3 is 19.5 Å². The van der Waals surface area contributed by atoms with E-state index in [4.69, 9.17) is 14.2 Å². The third kappa shape index (κ3) is 5.13. The van der Waals surface area contributed by atoms with E-state index in [9.17, 15) is 17.6 Å². The van der Waals surface area contributed by atoms with Crippen molar-refractivity contribution in [2.45, 2.75) is 24.3 Å². The van der Waals surface area contributed by atoms with Gasteiger partial charge in [0.2, 0.25) is 15.9 Å². The molecule has 0 aromatic heterocycles. The van der Waals surface area contributed by atoms with E-state index in [1.807, 2.05) is 6.07 Å². The van der Waals surface area contributed by atoms with E-state index in [0.717, 1.165) is 17.7 Å². The van der Waals surface area contributed by atoms with E-state index in [-0.39, 0.29) is 35.6 Å². The Labute approximate surface area is 187 Å². The molecule has 3 rings (SSSR count). The van der Waals surface area contributed by atoms with Crippen LogP contribution in [0.3, 0.4) is 0 Å². The molecule has 0 bridgehead atoms. The first-order chi connectivity index (χ1) is 15.3. The van der Waals surface area contributed by atoms with Gasteiger partial charge in [0.15, 0.2) is 11.5 Å². The number of sulfonamides is 1. The van der Waals surface area contributed by atoms with Crippen molar-refractivity contribution in [3.63, 3.8) is 0 Å². The molecule has 1 fully saturated rings. The summed E-state index contributed by atoms with van der Waals surface area (Å²) in [5.41, 5.74) is 0.856. The van der Waals surface area contributed by atoms with E-state index < -0.39 is 15.8 Å². The number of benzene rings is 2. The second-order valence-electron chi connectivity index (χ2n) is 7.38. The summed E-state index contributed by atoms with van der Waals surface area (Å²) in [5.74, 6) is 0.155. The van der Waals surface area contributed by atoms with E-state index in [1.54, 1.807) is 26.4 Å². The highest BCUT2D eigenvalue weighted by molar-refractivity contribution is 7.89. The Morgan fingerprint density at radius 1 is 1.00 bits per heavy atom. The van der Waals surface area contributed by atoms with Crippen LogP contribution in [-0.2, 0) is 21.4 Å². The zero-order valence-electron chi connectivity index (χ0n) is 18.3. The highest BCUT2D eigenvalue weighted by Crippen LogP contribution is 2.31. The molecule has 0 atom stereocenters. The number of rotatable bonds is 8. The van der Waals surface area contributed by atoms with Gasteiger partial charge in [-0.15, -0.1) is 0 Å². The van der Waals surface area contributed by atoms with Crippen molar-refractivity contribution < 1.29 is 31.8 Å². The molecule has 0 aliphatic carbocycles. The summed E-state index contributed by atoms with van der Waals surface area (Å²) < 4.78 is 56.4. The van der Waals surface area contributed by atoms with Crippen LogP contribution in [0.5, 0.6) is 17.2 Å². The smallest absolute Gasteiger partial charge is 0.246 e. The monoisotopic (exact) mass is 466 g/mol. The Hall–Kier alpha value is -2.85. The van der Waals surface area contributed by atoms with Crippen molar-refractivity contribution in [3.05, 3.63) is 47.8 Å². The van der Waals surface area contributed by atoms with Gasteiger partial charge in [0.25, 0.3) is 0 Å². The fourth-order valence-electron chi connectivity index (χ4n) is 3.67. The van der Waals surface area contributed by atoms with Crippen LogP contribution >= 0.6 is 0 Å². The zero-order chi connectivity index (χ0) is 23.3. The first-order valence-electron chi connectivity index (χ1n) is 10.1. The minimum atomic E-state index is -3.94. The maximum absolute atomic E-state index is 13.7. The molecule has 0 spiro atoms. The molecule has 0 unspecified atom stereocenters. The van der Waals surface area contributed by atoms with Gasteiger partial charge in [0.05, 0.1) is 21.3 Å². The van der Waals surface area contributed by atoms with Crippen molar-refractivity contribution in [2.75, 3.05) is 34.4 Å². The average molecular weight is 467 g/mol. The number of methoxy groups -OCH3 is 3. The number of nitrogens with zero attached hydrogens (tertiary/aromatic N) is 1. The summed E-state index contributed by atoms with van der Waals surface area (Å²) >= 11 is 0. The molecule has 0 saturated carbocycles. The van der Waals surface area contributed by atoms with Crippen LogP contribution < -0.4 is 19.5 Å². The van der Waals surface area contributed by atoms with Gasteiger partial charge in [-0.3, -0.25) is 4.79 Å². The maximum atomic E-state index is 13.7. The lowest BCUT2D eigenvalue weighted by atomic mass is 9.97. The quantitative estimate of drug-likeness (QED) is 0.643. The second kappa shape index (κ2) is 10.2. The zero-order valence-corrected chi connectivity index (χ0v) is 19.1. The molecule has 32 heavy (non-hydrogen) atoms. The molecule has 1 aliphatic heterocycles. The highest BCUT2D eigenvalue weighted by atomic mass is 32.2. The molecule has 174 valence electrons. The average Bonchev–Trinajstić information content (AvgIpc) is 2.82. The molecular weight excluding hydrogens is 439 g/mol. The molecule has 1 saturated heterocycles. The summed E-state index contributed by atoms with van der Waals surface area (Å²) in [6, 6.07) is 8.79. The number of halogens is 1. The summed E-state index contributed by atoms with van der Waals surface area (Å²) in [6.07, 6.45) is 0.739. The van der Waals surface area contributed by atoms with Crippen LogP contribution in [-0.4, -0.2) is 53.0 Å². The molecule has 1 N–H and O–H groups in total. The summed E-state index contributed by atoms with van der Waals surface area (Å²) in [7, 11) is 0.494. The molecule has 0 radical (unpaired) electrons. The van der Waals surface area contributed by atoms with Gasteiger partial charge in [-0.25, -0.2) is 12.8 Å². The number of nitrogens with one attached hydrogen (secondary N) is 1. The topological polar surface area (TPSA) is 94.2 Å². The third-order valence-corrected chi connectivity index (χ3v) is 7.40. The summed E-state index contributed by atoms with van der Waals surface area (Å²) in [5, 5.41) is 2.90. The van der Waals surface area contributed by atoms with Crippen molar-refractivity contribution in [2.24, 2.45) is 5.92 Å². The normalized spacial score (nSPS) is 15.2. The fourth-order valence-corrected chi connectivity index (χ4v) is 5.31. The maximum Gasteiger partial charge on any atom is 0.246 e. The second-order valence-corrected chi connectivity index (χ2v) is 9.29. The molecule has 8 nitrogen and oxygen atoms in total. The minimum Gasteiger partial charge on any atom is -0.495 e. The fraction of sp³-hybridized carbons (Fsp3) is 0.409. The molecule has 1 aliphatic rings. The van der Waals surface area contributed by atoms with Crippen LogP contribution in [0, 0.1) is 11.7 Å². The summed E-state index contributed by atoms with van der Waals surface area (Å²) in [4.78, 5) is 12.4. The number of carbonyl (C=O) groups is 1. The molecular formula is C22H27FN2O6S. The molecule has 10 heteroatoms. The predicted molar refractivity (Wildman–Crippen MR) is 116 cm³/mol. The SMILES string of the molecule is COc1ccc(CNC(=O)C2CCN(S(=O)(=O)c3cc(F)ccc3OC)CC2)cc1OC. The van der Waals surface area contributed by atoms with Crippen LogP contribution in [0.1, 0.15) is 18.4 Å². The first-order valence-corrected chi connectivity index (χ1v) is 11.6. The largest absolute Gasteiger partial charge is 0.495 e. The van der Waals surface area contributed by atoms with Crippen molar-refractivity contribution >= 4 is 15.9 Å². The number of carbonyl (C=O) groups excluding carboxylic acids is 1. The Morgan fingerprint density at radius 2 is 1.62 bits per heavy atom. The summed E-state index contributed by atoms with van der Waals surface area (Å²) in [6.45, 7) is 0.644. The Bertz CT molecular complexity index is 1070. The van der Waals surface area contributed by atoms with E-state index in [0.29, 0.717) is 30.9 Å². The predicted octanol–water partition coefficient (Wildman–Crippen LogP) is 2.57. The highest BCUT2D eigenvalue weighted by Gasteiger charge is 2.34. The molecule has 2 aromatic rings. The lowest BCUT2D eigenvalue weighted by Crippen LogP contribution is -2.43. The van der Waals surface area contributed by atoms with Gasteiger partial charge in [0, 0.05) is 25.6 Å². The van der Waals surface area contributed by atoms with Crippen molar-refractivity contribution in [1.82, 2.24) is 9.62 Å². The number of piperidine rings is 1. The first kappa shape index (κ1) is 23.8. The molecule has 1 heterocycles. The third-order valence-electron chi connectivity index (χ3n) is 5.48. The van der Waals surface area contributed by atoms with Crippen LogP contribution in [0.25, 0.3) is 0 Å². The molecule has 2 aromatic carbocycles. The molecule has 1 amide bonds. The van der Waals surface area contributed by atoms with E-state index >= 15 is 0 Å². The lowest BCUT2D eigenvalue weighted by Gasteiger charge is -2.31.